The van der Waals surface area contributed by atoms with Crippen molar-refractivity contribution < 1.29 is 23.7 Å². The third kappa shape index (κ3) is 9.84. The fraction of sp³-hybridized carbons (Fsp3) is 0.923. The number of ether oxygens (including phenoxy) is 4. The van der Waals surface area contributed by atoms with Crippen LogP contribution < -0.4 is 5.73 Å². The van der Waals surface area contributed by atoms with Crippen LogP contribution in [-0.2, 0) is 23.7 Å². The molecule has 0 amide bonds. The lowest BCUT2D eigenvalue weighted by atomic mass is 10.0. The van der Waals surface area contributed by atoms with Crippen LogP contribution in [-0.4, -0.2) is 58.3 Å². The minimum absolute atomic E-state index is 0.339. The van der Waals surface area contributed by atoms with Crippen molar-refractivity contribution >= 4 is 5.97 Å². The Morgan fingerprint density at radius 1 is 1.11 bits per heavy atom. The van der Waals surface area contributed by atoms with Gasteiger partial charge in [-0.15, -0.1) is 0 Å². The molecule has 0 spiro atoms. The van der Waals surface area contributed by atoms with Gasteiger partial charge in [0, 0.05) is 26.9 Å². The summed E-state index contributed by atoms with van der Waals surface area (Å²) in [6, 6.07) is 0. The molecule has 0 aliphatic carbocycles. The minimum Gasteiger partial charge on any atom is -0.465 e. The van der Waals surface area contributed by atoms with Crippen molar-refractivity contribution in [3.8, 4) is 0 Å². The van der Waals surface area contributed by atoms with E-state index in [1.807, 2.05) is 0 Å². The highest BCUT2D eigenvalue weighted by Gasteiger charge is 2.29. The summed E-state index contributed by atoms with van der Waals surface area (Å²) in [5.41, 5.74) is 4.87. The summed E-state index contributed by atoms with van der Waals surface area (Å²) < 4.78 is 20.4. The zero-order valence-electron chi connectivity index (χ0n) is 12.3. The van der Waals surface area contributed by atoms with Crippen LogP contribution >= 0.6 is 0 Å². The Morgan fingerprint density at radius 2 is 1.74 bits per heavy atom. The molecule has 0 saturated heterocycles. The molecule has 0 heterocycles. The molecular formula is C13H27NO5. The van der Waals surface area contributed by atoms with Gasteiger partial charge < -0.3 is 24.7 Å². The lowest BCUT2D eigenvalue weighted by Gasteiger charge is -2.21. The summed E-state index contributed by atoms with van der Waals surface area (Å²) >= 11 is 0. The average molecular weight is 277 g/mol. The van der Waals surface area contributed by atoms with Crippen LogP contribution in [0.2, 0.25) is 0 Å². The molecule has 0 aliphatic heterocycles. The second-order valence-corrected chi connectivity index (χ2v) is 4.46. The van der Waals surface area contributed by atoms with E-state index in [9.17, 15) is 4.79 Å². The Morgan fingerprint density at radius 3 is 2.32 bits per heavy atom. The Bertz CT molecular complexity index is 233. The van der Waals surface area contributed by atoms with Gasteiger partial charge in [0.05, 0.1) is 19.8 Å². The van der Waals surface area contributed by atoms with Crippen molar-refractivity contribution in [3.63, 3.8) is 0 Å². The van der Waals surface area contributed by atoms with Gasteiger partial charge in [-0.1, -0.05) is 0 Å². The zero-order chi connectivity index (χ0) is 14.6. The number of hydrogen-bond donors (Lipinski definition) is 1. The second-order valence-electron chi connectivity index (χ2n) is 4.46. The largest absolute Gasteiger partial charge is 0.465 e. The molecule has 0 radical (unpaired) electrons. The SMILES string of the molecule is CCOC(=O)C(C)(N)CCOCCCOCCOC. The van der Waals surface area contributed by atoms with E-state index in [1.165, 1.54) is 0 Å². The highest BCUT2D eigenvalue weighted by Crippen LogP contribution is 2.08. The monoisotopic (exact) mass is 277 g/mol. The molecule has 1 unspecified atom stereocenters. The third-order valence-corrected chi connectivity index (χ3v) is 2.52. The lowest BCUT2D eigenvalue weighted by Crippen LogP contribution is -2.47. The first-order valence-electron chi connectivity index (χ1n) is 6.65. The highest BCUT2D eigenvalue weighted by molar-refractivity contribution is 5.79. The van der Waals surface area contributed by atoms with Gasteiger partial charge in [-0.2, -0.15) is 0 Å². The van der Waals surface area contributed by atoms with E-state index in [0.29, 0.717) is 46.1 Å². The normalized spacial score (nSPS) is 14.1. The van der Waals surface area contributed by atoms with E-state index in [-0.39, 0.29) is 5.97 Å². The van der Waals surface area contributed by atoms with E-state index in [0.717, 1.165) is 6.42 Å². The molecule has 0 saturated carbocycles. The Kier molecular flexibility index (Phi) is 10.8. The summed E-state index contributed by atoms with van der Waals surface area (Å²) in [4.78, 5) is 11.5. The summed E-state index contributed by atoms with van der Waals surface area (Å²) in [6.07, 6.45) is 1.25. The molecule has 0 aliphatic rings. The van der Waals surface area contributed by atoms with Gasteiger partial charge in [-0.05, 0) is 26.7 Å². The predicted octanol–water partition coefficient (Wildman–Crippen LogP) is 0.727. The van der Waals surface area contributed by atoms with Crippen molar-refractivity contribution in [1.82, 2.24) is 0 Å². The Labute approximate surface area is 115 Å². The van der Waals surface area contributed by atoms with Gasteiger partial charge in [0.25, 0.3) is 0 Å². The van der Waals surface area contributed by atoms with Gasteiger partial charge in [-0.3, -0.25) is 4.79 Å². The van der Waals surface area contributed by atoms with Crippen LogP contribution in [0.4, 0.5) is 0 Å². The van der Waals surface area contributed by atoms with E-state index in [2.05, 4.69) is 0 Å². The number of hydrogen-bond acceptors (Lipinski definition) is 6. The van der Waals surface area contributed by atoms with Crippen LogP contribution in [0.5, 0.6) is 0 Å². The standard InChI is InChI=1S/C13H27NO5/c1-4-19-12(15)13(2,14)6-9-17-7-5-8-18-11-10-16-3/h4-11,14H2,1-3H3. The van der Waals surface area contributed by atoms with Gasteiger partial charge in [0.1, 0.15) is 5.54 Å². The molecule has 6 nitrogen and oxygen atoms in total. The van der Waals surface area contributed by atoms with Gasteiger partial charge in [0.2, 0.25) is 0 Å². The topological polar surface area (TPSA) is 80.0 Å². The maximum absolute atomic E-state index is 11.5. The maximum atomic E-state index is 11.5. The first-order chi connectivity index (χ1) is 9.04. The molecule has 0 fully saturated rings. The van der Waals surface area contributed by atoms with Crippen molar-refractivity contribution in [2.45, 2.75) is 32.2 Å². The average Bonchev–Trinajstić information content (AvgIpc) is 2.37. The smallest absolute Gasteiger partial charge is 0.325 e. The molecular weight excluding hydrogens is 250 g/mol. The first-order valence-corrected chi connectivity index (χ1v) is 6.65. The summed E-state index contributed by atoms with van der Waals surface area (Å²) in [5, 5.41) is 0. The molecule has 6 heteroatoms. The van der Waals surface area contributed by atoms with Gasteiger partial charge in [0.15, 0.2) is 0 Å². The van der Waals surface area contributed by atoms with Crippen LogP contribution in [0.1, 0.15) is 26.7 Å². The molecule has 0 aromatic rings. The summed E-state index contributed by atoms with van der Waals surface area (Å²) in [7, 11) is 1.64. The predicted molar refractivity (Wildman–Crippen MR) is 72.0 cm³/mol. The molecule has 0 aromatic carbocycles. The van der Waals surface area contributed by atoms with Crippen LogP contribution in [0.15, 0.2) is 0 Å². The first kappa shape index (κ1) is 18.3. The molecule has 0 bridgehead atoms. The number of carbonyl (C=O) groups excluding carboxylic acids is 1. The van der Waals surface area contributed by atoms with Crippen LogP contribution in [0, 0.1) is 0 Å². The van der Waals surface area contributed by atoms with E-state index in [4.69, 9.17) is 24.7 Å². The van der Waals surface area contributed by atoms with Crippen molar-refractivity contribution in [2.24, 2.45) is 5.73 Å². The van der Waals surface area contributed by atoms with Crippen molar-refractivity contribution in [1.29, 1.82) is 0 Å². The lowest BCUT2D eigenvalue weighted by molar-refractivity contribution is -0.149. The minimum atomic E-state index is -0.981. The fourth-order valence-corrected chi connectivity index (χ4v) is 1.29. The number of carbonyl (C=O) groups is 1. The second kappa shape index (κ2) is 11.2. The number of nitrogens with two attached hydrogens (primary N) is 1. The number of esters is 1. The number of methoxy groups -OCH3 is 1. The van der Waals surface area contributed by atoms with E-state index in [1.54, 1.807) is 21.0 Å². The molecule has 19 heavy (non-hydrogen) atoms. The molecule has 0 rings (SSSR count). The van der Waals surface area contributed by atoms with Gasteiger partial charge in [-0.25, -0.2) is 0 Å². The van der Waals surface area contributed by atoms with E-state index >= 15 is 0 Å². The summed E-state index contributed by atoms with van der Waals surface area (Å²) in [5.74, 6) is -0.388. The third-order valence-electron chi connectivity index (χ3n) is 2.52. The highest BCUT2D eigenvalue weighted by atomic mass is 16.5. The van der Waals surface area contributed by atoms with Gasteiger partial charge >= 0.3 is 5.97 Å². The zero-order valence-corrected chi connectivity index (χ0v) is 12.3. The Balaban J connectivity index is 3.45. The quantitative estimate of drug-likeness (QED) is 0.418. The molecule has 2 N–H and O–H groups in total. The van der Waals surface area contributed by atoms with Crippen LogP contribution in [0.3, 0.4) is 0 Å². The van der Waals surface area contributed by atoms with Crippen molar-refractivity contribution in [2.75, 3.05) is 46.8 Å². The van der Waals surface area contributed by atoms with E-state index < -0.39 is 5.54 Å². The Hall–Kier alpha value is -0.690. The maximum Gasteiger partial charge on any atom is 0.325 e. The van der Waals surface area contributed by atoms with Crippen LogP contribution in [0.25, 0.3) is 0 Å². The number of rotatable bonds is 12. The molecule has 0 aromatic heterocycles. The fourth-order valence-electron chi connectivity index (χ4n) is 1.29. The van der Waals surface area contributed by atoms with Crippen molar-refractivity contribution in [3.05, 3.63) is 0 Å². The molecule has 114 valence electrons. The molecule has 1 atom stereocenters. The summed E-state index contributed by atoms with van der Waals surface area (Å²) in [6.45, 7) is 6.62.